The number of halogens is 5. The van der Waals surface area contributed by atoms with E-state index in [0.717, 1.165) is 18.2 Å². The standard InChI is InChI=1S/C18H16BF5O5S/c1-17(2)18(3,4)29-19(28-17)8-5-6-10(30(25,26)27)9(7-8)11-12(20)14(22)16(24)15(23)13(11)21/h5-7H,1-4H3,(H,25,26,27). The van der Waals surface area contributed by atoms with Crippen molar-refractivity contribution in [1.29, 1.82) is 0 Å². The van der Waals surface area contributed by atoms with Gasteiger partial charge in [-0.05, 0) is 39.2 Å². The first-order chi connectivity index (χ1) is 13.6. The van der Waals surface area contributed by atoms with Crippen molar-refractivity contribution >= 4 is 22.7 Å². The fourth-order valence-corrected chi connectivity index (χ4v) is 3.61. The lowest BCUT2D eigenvalue weighted by atomic mass is 9.78. The van der Waals surface area contributed by atoms with E-state index in [2.05, 4.69) is 0 Å². The van der Waals surface area contributed by atoms with Crippen molar-refractivity contribution in [1.82, 2.24) is 0 Å². The highest BCUT2D eigenvalue weighted by molar-refractivity contribution is 7.86. The van der Waals surface area contributed by atoms with Crippen LogP contribution in [0.25, 0.3) is 11.1 Å². The second-order valence-corrected chi connectivity index (χ2v) is 9.15. The molecule has 0 saturated carbocycles. The first kappa shape index (κ1) is 22.7. The Labute approximate surface area is 169 Å². The van der Waals surface area contributed by atoms with Crippen LogP contribution in [0.3, 0.4) is 0 Å². The fraction of sp³-hybridized carbons (Fsp3) is 0.333. The lowest BCUT2D eigenvalue weighted by Gasteiger charge is -2.32. The predicted octanol–water partition coefficient (Wildman–Crippen LogP) is 3.60. The van der Waals surface area contributed by atoms with Crippen molar-refractivity contribution in [2.75, 3.05) is 0 Å². The lowest BCUT2D eigenvalue weighted by Crippen LogP contribution is -2.41. The summed E-state index contributed by atoms with van der Waals surface area (Å²) in [4.78, 5) is -1.05. The minimum absolute atomic E-state index is 0.0417. The third-order valence-corrected chi connectivity index (χ3v) is 6.20. The number of rotatable bonds is 3. The van der Waals surface area contributed by atoms with Crippen LogP contribution >= 0.6 is 0 Å². The molecule has 0 unspecified atom stereocenters. The Hall–Kier alpha value is -2.02. The Bertz CT molecular complexity index is 1110. The van der Waals surface area contributed by atoms with Crippen LogP contribution in [0.1, 0.15) is 27.7 Å². The maximum Gasteiger partial charge on any atom is 0.494 e. The van der Waals surface area contributed by atoms with E-state index in [0.29, 0.717) is 0 Å². The largest absolute Gasteiger partial charge is 0.494 e. The summed E-state index contributed by atoms with van der Waals surface area (Å²) in [5.41, 5.74) is -4.05. The average Bonchev–Trinajstić information content (AvgIpc) is 2.85. The SMILES string of the molecule is CC1(C)OB(c2ccc(S(=O)(=O)O)c(-c3c(F)c(F)c(F)c(F)c3F)c2)OC1(C)C. The smallest absolute Gasteiger partial charge is 0.399 e. The summed E-state index contributed by atoms with van der Waals surface area (Å²) in [6.07, 6.45) is 0. The molecule has 1 aliphatic heterocycles. The Morgan fingerprint density at radius 1 is 0.833 bits per heavy atom. The molecule has 1 saturated heterocycles. The van der Waals surface area contributed by atoms with Crippen molar-refractivity contribution in [3.63, 3.8) is 0 Å². The van der Waals surface area contributed by atoms with E-state index in [1.54, 1.807) is 27.7 Å². The summed E-state index contributed by atoms with van der Waals surface area (Å²) in [6.45, 7) is 6.85. The molecule has 1 heterocycles. The Morgan fingerprint density at radius 3 is 1.70 bits per heavy atom. The quantitative estimate of drug-likeness (QED) is 0.255. The minimum Gasteiger partial charge on any atom is -0.399 e. The summed E-state index contributed by atoms with van der Waals surface area (Å²) < 4.78 is 114. The highest BCUT2D eigenvalue weighted by Crippen LogP contribution is 2.38. The lowest BCUT2D eigenvalue weighted by molar-refractivity contribution is 0.00578. The Morgan fingerprint density at radius 2 is 1.27 bits per heavy atom. The van der Waals surface area contributed by atoms with E-state index < -0.39 is 73.5 Å². The summed E-state index contributed by atoms with van der Waals surface area (Å²) in [5, 5.41) is 0. The van der Waals surface area contributed by atoms with E-state index in [9.17, 15) is 34.9 Å². The highest BCUT2D eigenvalue weighted by Gasteiger charge is 2.52. The Balaban J connectivity index is 2.29. The minimum atomic E-state index is -5.09. The van der Waals surface area contributed by atoms with Crippen molar-refractivity contribution in [3.8, 4) is 11.1 Å². The molecule has 1 fully saturated rings. The molecule has 162 valence electrons. The Kier molecular flexibility index (Phi) is 5.30. The molecule has 0 radical (unpaired) electrons. The summed E-state index contributed by atoms with van der Waals surface area (Å²) in [7, 11) is -6.22. The van der Waals surface area contributed by atoms with E-state index in [1.165, 1.54) is 0 Å². The molecule has 2 aromatic rings. The molecule has 0 amide bonds. The molecular formula is C18H16BF5O5S. The van der Waals surface area contributed by atoms with Crippen LogP contribution in [0.2, 0.25) is 0 Å². The number of hydrogen-bond donors (Lipinski definition) is 1. The monoisotopic (exact) mass is 450 g/mol. The van der Waals surface area contributed by atoms with Gasteiger partial charge in [0, 0.05) is 5.56 Å². The molecule has 0 atom stereocenters. The zero-order chi connectivity index (χ0) is 22.8. The summed E-state index contributed by atoms with van der Waals surface area (Å²) in [5.74, 6) is -11.4. The van der Waals surface area contributed by atoms with Crippen LogP contribution in [0.4, 0.5) is 22.0 Å². The van der Waals surface area contributed by atoms with Gasteiger partial charge in [-0.1, -0.05) is 12.1 Å². The van der Waals surface area contributed by atoms with Crippen LogP contribution in [0.15, 0.2) is 23.1 Å². The molecular weight excluding hydrogens is 434 g/mol. The first-order valence-electron chi connectivity index (χ1n) is 8.57. The molecule has 0 aromatic heterocycles. The van der Waals surface area contributed by atoms with Gasteiger partial charge in [-0.15, -0.1) is 0 Å². The van der Waals surface area contributed by atoms with Gasteiger partial charge < -0.3 is 9.31 Å². The summed E-state index contributed by atoms with van der Waals surface area (Å²) >= 11 is 0. The van der Waals surface area contributed by atoms with Gasteiger partial charge in [0.25, 0.3) is 10.1 Å². The second-order valence-electron chi connectivity index (χ2n) is 7.76. The van der Waals surface area contributed by atoms with Crippen LogP contribution in [-0.2, 0) is 19.4 Å². The topological polar surface area (TPSA) is 72.8 Å². The molecule has 2 aromatic carbocycles. The average molecular weight is 450 g/mol. The van der Waals surface area contributed by atoms with Gasteiger partial charge in [0.15, 0.2) is 23.3 Å². The maximum atomic E-state index is 14.4. The first-order valence-corrected chi connectivity index (χ1v) is 10.0. The molecule has 1 N–H and O–H groups in total. The maximum absolute atomic E-state index is 14.4. The van der Waals surface area contributed by atoms with Gasteiger partial charge in [0.2, 0.25) is 5.82 Å². The number of hydrogen-bond acceptors (Lipinski definition) is 4. The molecule has 0 bridgehead atoms. The van der Waals surface area contributed by atoms with E-state index in [4.69, 9.17) is 9.31 Å². The second kappa shape index (κ2) is 7.01. The molecule has 30 heavy (non-hydrogen) atoms. The fourth-order valence-electron chi connectivity index (χ4n) is 2.94. The number of benzene rings is 2. The molecule has 5 nitrogen and oxygen atoms in total. The molecule has 12 heteroatoms. The van der Waals surface area contributed by atoms with Crippen LogP contribution < -0.4 is 5.46 Å². The highest BCUT2D eigenvalue weighted by atomic mass is 32.2. The van der Waals surface area contributed by atoms with Crippen LogP contribution in [0, 0.1) is 29.1 Å². The molecule has 3 rings (SSSR count). The molecule has 1 aliphatic rings. The third kappa shape index (κ3) is 3.51. The van der Waals surface area contributed by atoms with E-state index in [1.807, 2.05) is 0 Å². The molecule has 0 spiro atoms. The van der Waals surface area contributed by atoms with Crippen molar-refractivity contribution in [2.45, 2.75) is 43.8 Å². The summed E-state index contributed by atoms with van der Waals surface area (Å²) in [6, 6.07) is 2.74. The van der Waals surface area contributed by atoms with Crippen molar-refractivity contribution in [3.05, 3.63) is 47.3 Å². The zero-order valence-corrected chi connectivity index (χ0v) is 17.0. The van der Waals surface area contributed by atoms with Gasteiger partial charge in [-0.3, -0.25) is 4.55 Å². The molecule has 0 aliphatic carbocycles. The third-order valence-electron chi connectivity index (χ3n) is 5.29. The van der Waals surface area contributed by atoms with Crippen LogP contribution in [0.5, 0.6) is 0 Å². The normalized spacial score (nSPS) is 18.1. The van der Waals surface area contributed by atoms with Crippen molar-refractivity contribution in [2.24, 2.45) is 0 Å². The van der Waals surface area contributed by atoms with Gasteiger partial charge in [0.1, 0.15) is 4.90 Å². The van der Waals surface area contributed by atoms with Crippen molar-refractivity contribution < 1.29 is 44.2 Å². The van der Waals surface area contributed by atoms with E-state index in [-0.39, 0.29) is 5.46 Å². The predicted molar refractivity (Wildman–Crippen MR) is 97.2 cm³/mol. The van der Waals surface area contributed by atoms with Gasteiger partial charge in [0.05, 0.1) is 16.8 Å². The zero-order valence-electron chi connectivity index (χ0n) is 16.2. The van der Waals surface area contributed by atoms with Crippen LogP contribution in [-0.4, -0.2) is 31.3 Å². The van der Waals surface area contributed by atoms with Gasteiger partial charge >= 0.3 is 7.12 Å². The van der Waals surface area contributed by atoms with Gasteiger partial charge in [-0.2, -0.15) is 8.42 Å². The van der Waals surface area contributed by atoms with E-state index >= 15 is 0 Å². The van der Waals surface area contributed by atoms with Gasteiger partial charge in [-0.25, -0.2) is 22.0 Å².